The topological polar surface area (TPSA) is 47.3 Å². The molecule has 1 aromatic carbocycles. The van der Waals surface area contributed by atoms with Crippen LogP contribution in [0.2, 0.25) is 5.02 Å². The average molecular weight is 313 g/mol. The number of benzene rings is 1. The van der Waals surface area contributed by atoms with E-state index in [4.69, 9.17) is 16.3 Å². The minimum Gasteiger partial charge on any atom is -0.386 e. The maximum atomic E-state index is 10.3. The van der Waals surface area contributed by atoms with E-state index < -0.39 is 6.10 Å². The number of rotatable bonds is 7. The van der Waals surface area contributed by atoms with Gasteiger partial charge in [0, 0.05) is 17.8 Å². The standard InChI is InChI=1S/C14H17ClN2O2S/c1-19-8-7-17-14(12(15)9-16-17)13(18)10-20-11-5-3-2-4-6-11/h2-6,9,13,18H,7-8,10H2,1H3. The number of ether oxygens (including phenoxy) is 1. The Bertz CT molecular complexity index is 533. The molecule has 1 unspecified atom stereocenters. The van der Waals surface area contributed by atoms with Gasteiger partial charge in [0.15, 0.2) is 0 Å². The molecule has 0 saturated heterocycles. The monoisotopic (exact) mass is 312 g/mol. The Labute approximate surface area is 127 Å². The average Bonchev–Trinajstić information content (AvgIpc) is 2.84. The fourth-order valence-corrected chi connectivity index (χ4v) is 2.95. The lowest BCUT2D eigenvalue weighted by Crippen LogP contribution is -2.14. The molecule has 0 aliphatic rings. The molecule has 0 aliphatic heterocycles. The van der Waals surface area contributed by atoms with Crippen LogP contribution in [0.15, 0.2) is 41.4 Å². The number of hydrogen-bond donors (Lipinski definition) is 1. The number of aliphatic hydroxyl groups excluding tert-OH is 1. The molecular formula is C14H17ClN2O2S. The molecule has 0 fully saturated rings. The Morgan fingerprint density at radius 1 is 1.40 bits per heavy atom. The van der Waals surface area contributed by atoms with Crippen molar-refractivity contribution in [3.8, 4) is 0 Å². The van der Waals surface area contributed by atoms with Crippen molar-refractivity contribution in [2.75, 3.05) is 19.5 Å². The Kier molecular flexibility index (Phi) is 5.91. The van der Waals surface area contributed by atoms with Crippen molar-refractivity contribution in [1.82, 2.24) is 9.78 Å². The lowest BCUT2D eigenvalue weighted by molar-refractivity contribution is 0.166. The van der Waals surface area contributed by atoms with Gasteiger partial charge in [-0.05, 0) is 12.1 Å². The van der Waals surface area contributed by atoms with Crippen LogP contribution < -0.4 is 0 Å². The second-order valence-electron chi connectivity index (χ2n) is 4.23. The Balaban J connectivity index is 2.01. The molecule has 0 bridgehead atoms. The van der Waals surface area contributed by atoms with E-state index in [1.165, 1.54) is 0 Å². The lowest BCUT2D eigenvalue weighted by atomic mass is 10.3. The van der Waals surface area contributed by atoms with E-state index in [0.717, 1.165) is 4.90 Å². The molecule has 1 N–H and O–H groups in total. The second kappa shape index (κ2) is 7.69. The molecule has 1 aromatic heterocycles. The minimum atomic E-state index is -0.660. The third-order valence-corrected chi connectivity index (χ3v) is 4.19. The maximum Gasteiger partial charge on any atom is 0.106 e. The highest BCUT2D eigenvalue weighted by Gasteiger charge is 2.18. The van der Waals surface area contributed by atoms with Crippen LogP contribution in [0.4, 0.5) is 0 Å². The van der Waals surface area contributed by atoms with Crippen molar-refractivity contribution in [3.05, 3.63) is 47.2 Å². The summed E-state index contributed by atoms with van der Waals surface area (Å²) >= 11 is 7.69. The van der Waals surface area contributed by atoms with Crippen LogP contribution in [0.5, 0.6) is 0 Å². The molecule has 0 saturated carbocycles. The fraction of sp³-hybridized carbons (Fsp3) is 0.357. The van der Waals surface area contributed by atoms with Crippen molar-refractivity contribution in [1.29, 1.82) is 0 Å². The van der Waals surface area contributed by atoms with Gasteiger partial charge in [-0.1, -0.05) is 29.8 Å². The van der Waals surface area contributed by atoms with Gasteiger partial charge in [0.1, 0.15) is 6.10 Å². The summed E-state index contributed by atoms with van der Waals surface area (Å²) in [5.74, 6) is 0.530. The molecule has 108 valence electrons. The molecule has 1 atom stereocenters. The van der Waals surface area contributed by atoms with Crippen LogP contribution >= 0.6 is 23.4 Å². The van der Waals surface area contributed by atoms with Gasteiger partial charge in [0.25, 0.3) is 0 Å². The first kappa shape index (κ1) is 15.4. The number of nitrogens with zero attached hydrogens (tertiary/aromatic N) is 2. The third-order valence-electron chi connectivity index (χ3n) is 2.81. The highest BCUT2D eigenvalue weighted by atomic mass is 35.5. The normalized spacial score (nSPS) is 12.6. The van der Waals surface area contributed by atoms with E-state index in [0.29, 0.717) is 29.6 Å². The zero-order valence-corrected chi connectivity index (χ0v) is 12.8. The summed E-state index contributed by atoms with van der Waals surface area (Å²) in [6.45, 7) is 1.11. The molecule has 20 heavy (non-hydrogen) atoms. The number of methoxy groups -OCH3 is 1. The molecule has 1 heterocycles. The van der Waals surface area contributed by atoms with Crippen molar-refractivity contribution in [3.63, 3.8) is 0 Å². The van der Waals surface area contributed by atoms with Crippen LogP contribution in [0.3, 0.4) is 0 Å². The SMILES string of the molecule is COCCn1ncc(Cl)c1C(O)CSc1ccccc1. The number of aromatic nitrogens is 2. The van der Waals surface area contributed by atoms with E-state index in [-0.39, 0.29) is 0 Å². The quantitative estimate of drug-likeness (QED) is 0.798. The first-order valence-electron chi connectivity index (χ1n) is 6.28. The molecule has 6 heteroatoms. The summed E-state index contributed by atoms with van der Waals surface area (Å²) in [6, 6.07) is 9.95. The van der Waals surface area contributed by atoms with Crippen LogP contribution in [0.1, 0.15) is 11.8 Å². The summed E-state index contributed by atoms with van der Waals surface area (Å²) in [5, 5.41) is 15.0. The smallest absolute Gasteiger partial charge is 0.106 e. The lowest BCUT2D eigenvalue weighted by Gasteiger charge is -2.13. The van der Waals surface area contributed by atoms with Gasteiger partial charge >= 0.3 is 0 Å². The Morgan fingerprint density at radius 3 is 2.85 bits per heavy atom. The first-order chi connectivity index (χ1) is 9.72. The van der Waals surface area contributed by atoms with Gasteiger partial charge in [0.2, 0.25) is 0 Å². The highest BCUT2D eigenvalue weighted by molar-refractivity contribution is 7.99. The molecule has 4 nitrogen and oxygen atoms in total. The number of aliphatic hydroxyl groups is 1. The van der Waals surface area contributed by atoms with E-state index in [1.807, 2.05) is 30.3 Å². The van der Waals surface area contributed by atoms with Crippen LogP contribution in [-0.2, 0) is 11.3 Å². The molecule has 2 aromatic rings. The van der Waals surface area contributed by atoms with Gasteiger partial charge in [-0.25, -0.2) is 0 Å². The first-order valence-corrected chi connectivity index (χ1v) is 7.64. The van der Waals surface area contributed by atoms with Crippen LogP contribution in [-0.4, -0.2) is 34.4 Å². The molecule has 0 amide bonds. The van der Waals surface area contributed by atoms with Gasteiger partial charge < -0.3 is 9.84 Å². The molecular weight excluding hydrogens is 296 g/mol. The summed E-state index contributed by atoms with van der Waals surface area (Å²) in [4.78, 5) is 1.12. The number of thioether (sulfide) groups is 1. The molecule has 0 spiro atoms. The minimum absolute atomic E-state index is 0.488. The van der Waals surface area contributed by atoms with Crippen molar-refractivity contribution in [2.24, 2.45) is 0 Å². The molecule has 0 aliphatic carbocycles. The zero-order chi connectivity index (χ0) is 14.4. The Morgan fingerprint density at radius 2 is 2.15 bits per heavy atom. The summed E-state index contributed by atoms with van der Waals surface area (Å²) in [6.07, 6.45) is 0.898. The van der Waals surface area contributed by atoms with Crippen molar-refractivity contribution >= 4 is 23.4 Å². The number of hydrogen-bond acceptors (Lipinski definition) is 4. The third kappa shape index (κ3) is 3.99. The Hall–Kier alpha value is -1.01. The van der Waals surface area contributed by atoms with E-state index in [1.54, 1.807) is 29.8 Å². The predicted molar refractivity (Wildman–Crippen MR) is 81.2 cm³/mol. The molecule has 0 radical (unpaired) electrons. The highest BCUT2D eigenvalue weighted by Crippen LogP contribution is 2.28. The predicted octanol–water partition coefficient (Wildman–Crippen LogP) is 3.01. The van der Waals surface area contributed by atoms with Gasteiger partial charge in [-0.3, -0.25) is 4.68 Å². The van der Waals surface area contributed by atoms with E-state index in [9.17, 15) is 5.11 Å². The summed E-state index contributed by atoms with van der Waals surface area (Å²) in [5.41, 5.74) is 0.646. The van der Waals surface area contributed by atoms with E-state index >= 15 is 0 Å². The zero-order valence-electron chi connectivity index (χ0n) is 11.2. The van der Waals surface area contributed by atoms with Crippen LogP contribution in [0.25, 0.3) is 0 Å². The van der Waals surface area contributed by atoms with Crippen molar-refractivity contribution < 1.29 is 9.84 Å². The van der Waals surface area contributed by atoms with Crippen LogP contribution in [0, 0.1) is 0 Å². The largest absolute Gasteiger partial charge is 0.386 e. The van der Waals surface area contributed by atoms with Gasteiger partial charge in [-0.2, -0.15) is 5.10 Å². The number of halogens is 1. The summed E-state index contributed by atoms with van der Waals surface area (Å²) < 4.78 is 6.72. The van der Waals surface area contributed by atoms with Crippen molar-refractivity contribution in [2.45, 2.75) is 17.5 Å². The maximum absolute atomic E-state index is 10.3. The summed E-state index contributed by atoms with van der Waals surface area (Å²) in [7, 11) is 1.63. The second-order valence-corrected chi connectivity index (χ2v) is 5.73. The van der Waals surface area contributed by atoms with Gasteiger partial charge in [-0.15, -0.1) is 11.8 Å². The molecule has 2 rings (SSSR count). The van der Waals surface area contributed by atoms with E-state index in [2.05, 4.69) is 5.10 Å². The fourth-order valence-electron chi connectivity index (χ4n) is 1.83. The van der Waals surface area contributed by atoms with Gasteiger partial charge in [0.05, 0.1) is 30.1 Å².